The number of hydrogen-bond donors (Lipinski definition) is 1. The molecule has 1 N–H and O–H groups in total. The molecular weight excluding hydrogens is 450 g/mol. The van der Waals surface area contributed by atoms with Crippen LogP contribution in [0, 0.1) is 0 Å². The molecule has 9 heteroatoms. The number of amides is 1. The summed E-state index contributed by atoms with van der Waals surface area (Å²) in [5, 5.41) is 4.43. The molecule has 3 aromatic carbocycles. The number of nitrogens with one attached hydrogen (secondary N) is 1. The lowest BCUT2D eigenvalue weighted by molar-refractivity contribution is -0.119. The van der Waals surface area contributed by atoms with Crippen molar-refractivity contribution in [3.8, 4) is 5.75 Å². The third-order valence-electron chi connectivity index (χ3n) is 4.57. The second kappa shape index (κ2) is 10.3. The number of anilines is 1. The monoisotopic (exact) mass is 471 g/mol. The average Bonchev–Trinajstić information content (AvgIpc) is 2.81. The Kier molecular flexibility index (Phi) is 7.50. The van der Waals surface area contributed by atoms with E-state index in [-0.39, 0.29) is 10.6 Å². The summed E-state index contributed by atoms with van der Waals surface area (Å²) in [6, 6.07) is 21.5. The van der Waals surface area contributed by atoms with E-state index >= 15 is 0 Å². The lowest BCUT2D eigenvalue weighted by atomic mass is 10.1. The van der Waals surface area contributed by atoms with Crippen LogP contribution in [-0.2, 0) is 14.8 Å². The van der Waals surface area contributed by atoms with Crippen molar-refractivity contribution in [3.05, 3.63) is 89.4 Å². The third kappa shape index (κ3) is 5.66. The number of methoxy groups -OCH3 is 1. The van der Waals surface area contributed by atoms with Gasteiger partial charge < -0.3 is 4.74 Å². The molecule has 166 valence electrons. The number of benzene rings is 3. The quantitative estimate of drug-likeness (QED) is 0.396. The van der Waals surface area contributed by atoms with Crippen molar-refractivity contribution in [1.29, 1.82) is 0 Å². The molecule has 0 fully saturated rings. The van der Waals surface area contributed by atoms with Crippen LogP contribution in [0.3, 0.4) is 0 Å². The van der Waals surface area contributed by atoms with Crippen LogP contribution in [0.25, 0.3) is 0 Å². The highest BCUT2D eigenvalue weighted by Crippen LogP contribution is 2.27. The number of halogens is 1. The molecule has 0 aliphatic rings. The Balaban J connectivity index is 1.88. The minimum atomic E-state index is -4.07. The van der Waals surface area contributed by atoms with Gasteiger partial charge in [-0.15, -0.1) is 0 Å². The fourth-order valence-corrected chi connectivity index (χ4v) is 4.47. The molecule has 1 amide bonds. The van der Waals surface area contributed by atoms with E-state index in [2.05, 4.69) is 10.5 Å². The minimum Gasteiger partial charge on any atom is -0.497 e. The SMILES string of the molecule is COc1ccc(S(=O)(=O)N(CC(=O)N/N=C(/C)c2ccccc2)c2cccc(Cl)c2)cc1. The Morgan fingerprint density at radius 3 is 2.34 bits per heavy atom. The molecule has 0 heterocycles. The van der Waals surface area contributed by atoms with Crippen molar-refractivity contribution in [3.63, 3.8) is 0 Å². The first kappa shape index (κ1) is 23.3. The first-order valence-corrected chi connectivity index (χ1v) is 11.4. The second-order valence-electron chi connectivity index (χ2n) is 6.77. The number of carbonyl (C=O) groups excluding carboxylic acids is 1. The summed E-state index contributed by atoms with van der Waals surface area (Å²) in [6.45, 7) is 1.26. The Morgan fingerprint density at radius 1 is 1.03 bits per heavy atom. The van der Waals surface area contributed by atoms with Gasteiger partial charge in [0.05, 0.1) is 23.4 Å². The number of nitrogens with zero attached hydrogens (tertiary/aromatic N) is 2. The lowest BCUT2D eigenvalue weighted by Crippen LogP contribution is -2.39. The zero-order valence-corrected chi connectivity index (χ0v) is 19.1. The van der Waals surface area contributed by atoms with E-state index in [0.29, 0.717) is 16.5 Å². The molecule has 0 spiro atoms. The Morgan fingerprint density at radius 2 is 1.72 bits per heavy atom. The highest BCUT2D eigenvalue weighted by Gasteiger charge is 2.27. The van der Waals surface area contributed by atoms with E-state index in [1.807, 2.05) is 30.3 Å². The van der Waals surface area contributed by atoms with Gasteiger partial charge in [0.2, 0.25) is 0 Å². The van der Waals surface area contributed by atoms with Gasteiger partial charge in [-0.3, -0.25) is 9.10 Å². The molecular formula is C23H22ClN3O4S. The highest BCUT2D eigenvalue weighted by molar-refractivity contribution is 7.92. The van der Waals surface area contributed by atoms with E-state index in [4.69, 9.17) is 16.3 Å². The molecule has 0 aliphatic carbocycles. The van der Waals surface area contributed by atoms with Gasteiger partial charge >= 0.3 is 0 Å². The van der Waals surface area contributed by atoms with Gasteiger partial charge in [0, 0.05) is 5.02 Å². The maximum absolute atomic E-state index is 13.4. The minimum absolute atomic E-state index is 0.00930. The third-order valence-corrected chi connectivity index (χ3v) is 6.59. The summed E-state index contributed by atoms with van der Waals surface area (Å²) in [5.74, 6) is -0.0842. The van der Waals surface area contributed by atoms with Gasteiger partial charge in [0.15, 0.2) is 0 Å². The van der Waals surface area contributed by atoms with Crippen molar-refractivity contribution >= 4 is 38.9 Å². The predicted molar refractivity (Wildman–Crippen MR) is 126 cm³/mol. The molecule has 0 saturated heterocycles. The summed E-state index contributed by atoms with van der Waals surface area (Å²) in [6.07, 6.45) is 0. The van der Waals surface area contributed by atoms with Crippen molar-refractivity contribution in [2.24, 2.45) is 5.10 Å². The fourth-order valence-electron chi connectivity index (χ4n) is 2.88. The number of rotatable bonds is 8. The van der Waals surface area contributed by atoms with Crippen LogP contribution in [-0.4, -0.2) is 33.7 Å². The number of hydrogen-bond acceptors (Lipinski definition) is 5. The molecule has 0 aliphatic heterocycles. The molecule has 32 heavy (non-hydrogen) atoms. The standard InChI is InChI=1S/C23H22ClN3O4S/c1-17(18-7-4-3-5-8-18)25-26-23(28)16-27(20-10-6-9-19(24)15-20)32(29,30)22-13-11-21(31-2)12-14-22/h3-15H,16H2,1-2H3,(H,26,28)/b25-17-. The fraction of sp³-hybridized carbons (Fsp3) is 0.130. The van der Waals surface area contributed by atoms with Gasteiger partial charge in [-0.1, -0.05) is 48.0 Å². The Hall–Kier alpha value is -3.36. The second-order valence-corrected chi connectivity index (χ2v) is 9.06. The van der Waals surface area contributed by atoms with E-state index in [1.165, 1.54) is 37.4 Å². The first-order chi connectivity index (χ1) is 15.3. The molecule has 0 atom stereocenters. The topological polar surface area (TPSA) is 88.1 Å². The lowest BCUT2D eigenvalue weighted by Gasteiger charge is -2.24. The van der Waals surface area contributed by atoms with Crippen LogP contribution in [0.15, 0.2) is 88.9 Å². The molecule has 7 nitrogen and oxygen atoms in total. The smallest absolute Gasteiger partial charge is 0.264 e. The van der Waals surface area contributed by atoms with Gasteiger partial charge in [0.1, 0.15) is 12.3 Å². The first-order valence-electron chi connectivity index (χ1n) is 9.62. The summed E-state index contributed by atoms with van der Waals surface area (Å²) >= 11 is 6.07. The predicted octanol–water partition coefficient (Wildman–Crippen LogP) is 4.08. The van der Waals surface area contributed by atoms with Crippen molar-refractivity contribution < 1.29 is 17.9 Å². The average molecular weight is 472 g/mol. The van der Waals surface area contributed by atoms with E-state index in [1.54, 1.807) is 25.1 Å². The van der Waals surface area contributed by atoms with Crippen LogP contribution < -0.4 is 14.5 Å². The van der Waals surface area contributed by atoms with Gasteiger partial charge in [-0.05, 0) is 55.0 Å². The van der Waals surface area contributed by atoms with Crippen LogP contribution in [0.2, 0.25) is 5.02 Å². The van der Waals surface area contributed by atoms with Gasteiger partial charge in [-0.2, -0.15) is 5.10 Å². The van der Waals surface area contributed by atoms with Gasteiger partial charge in [0.25, 0.3) is 15.9 Å². The normalized spacial score (nSPS) is 11.7. The number of hydrazone groups is 1. The zero-order valence-electron chi connectivity index (χ0n) is 17.5. The van der Waals surface area contributed by atoms with Gasteiger partial charge in [-0.25, -0.2) is 13.8 Å². The van der Waals surface area contributed by atoms with E-state index < -0.39 is 22.5 Å². The largest absolute Gasteiger partial charge is 0.497 e. The highest BCUT2D eigenvalue weighted by atomic mass is 35.5. The number of ether oxygens (including phenoxy) is 1. The molecule has 3 aromatic rings. The molecule has 0 radical (unpaired) electrons. The van der Waals surface area contributed by atoms with E-state index in [9.17, 15) is 13.2 Å². The number of carbonyl (C=O) groups is 1. The zero-order chi connectivity index (χ0) is 23.1. The van der Waals surface area contributed by atoms with Crippen LogP contribution in [0.4, 0.5) is 5.69 Å². The molecule has 3 rings (SSSR count). The van der Waals surface area contributed by atoms with Crippen LogP contribution in [0.5, 0.6) is 5.75 Å². The molecule has 0 bridgehead atoms. The molecule has 0 aromatic heterocycles. The van der Waals surface area contributed by atoms with E-state index in [0.717, 1.165) is 9.87 Å². The molecule has 0 saturated carbocycles. The Labute approximate surface area is 192 Å². The maximum atomic E-state index is 13.4. The maximum Gasteiger partial charge on any atom is 0.264 e. The summed E-state index contributed by atoms with van der Waals surface area (Å²) in [5.41, 5.74) is 4.11. The summed E-state index contributed by atoms with van der Waals surface area (Å²) < 4.78 is 32.8. The van der Waals surface area contributed by atoms with Crippen LogP contribution >= 0.6 is 11.6 Å². The summed E-state index contributed by atoms with van der Waals surface area (Å²) in [4.78, 5) is 12.7. The van der Waals surface area contributed by atoms with Crippen molar-refractivity contribution in [2.75, 3.05) is 18.0 Å². The molecule has 0 unspecified atom stereocenters. The van der Waals surface area contributed by atoms with Crippen LogP contribution in [0.1, 0.15) is 12.5 Å². The van der Waals surface area contributed by atoms with Crippen molar-refractivity contribution in [2.45, 2.75) is 11.8 Å². The number of sulfonamides is 1. The summed E-state index contributed by atoms with van der Waals surface area (Å²) in [7, 11) is -2.58. The Bertz CT molecular complexity index is 1210. The van der Waals surface area contributed by atoms with Crippen molar-refractivity contribution in [1.82, 2.24) is 5.43 Å².